The minimum Gasteiger partial charge on any atom is -0.507 e. The number of amides is 1. The number of fused-ring (bicyclic) bond motifs is 1. The molecule has 0 radical (unpaired) electrons. The molecule has 0 aliphatic carbocycles. The van der Waals surface area contributed by atoms with Crippen LogP contribution in [0.15, 0.2) is 94.4 Å². The Balaban J connectivity index is 1.53. The topological polar surface area (TPSA) is 96.6 Å². The largest absolute Gasteiger partial charge is 0.507 e. The molecule has 0 bridgehead atoms. The first-order chi connectivity index (χ1) is 17.0. The van der Waals surface area contributed by atoms with Crippen molar-refractivity contribution >= 4 is 46.4 Å². The maximum absolute atomic E-state index is 13.2. The first-order valence-corrected chi connectivity index (χ1v) is 12.0. The highest BCUT2D eigenvalue weighted by atomic mass is 35.5. The summed E-state index contributed by atoms with van der Waals surface area (Å²) in [6.07, 6.45) is 3.59. The van der Waals surface area contributed by atoms with Crippen molar-refractivity contribution in [3.63, 3.8) is 0 Å². The highest BCUT2D eigenvalue weighted by molar-refractivity contribution is 7.99. The van der Waals surface area contributed by atoms with Gasteiger partial charge in [0, 0.05) is 10.6 Å². The number of aromatic hydroxyl groups is 1. The zero-order valence-corrected chi connectivity index (χ0v) is 20.1. The van der Waals surface area contributed by atoms with Crippen molar-refractivity contribution < 1.29 is 9.90 Å². The predicted molar refractivity (Wildman–Crippen MR) is 141 cm³/mol. The van der Waals surface area contributed by atoms with Crippen molar-refractivity contribution in [2.24, 2.45) is 5.10 Å². The van der Waals surface area contributed by atoms with Crippen molar-refractivity contribution in [3.05, 3.63) is 106 Å². The Bertz CT molecular complexity index is 1480. The standard InChI is InChI=1S/C26H21ClN4O3S/c1-2-6-17-7-5-8-18(24(17)33)15-28-30-23(32)16-35-26-29-22-10-4-3-9-21(22)25(34)31(26)20-13-11-19(27)12-14-20/h2-5,7-15,33H,1,6,16H2,(H,30,32)/b28-15+. The smallest absolute Gasteiger partial charge is 0.266 e. The zero-order valence-electron chi connectivity index (χ0n) is 18.5. The van der Waals surface area contributed by atoms with Crippen LogP contribution in [-0.4, -0.2) is 32.5 Å². The summed E-state index contributed by atoms with van der Waals surface area (Å²) in [4.78, 5) is 30.3. The number of para-hydroxylation sites is 2. The average Bonchev–Trinajstić information content (AvgIpc) is 2.86. The number of aromatic nitrogens is 2. The third-order valence-corrected chi connectivity index (χ3v) is 6.26. The molecule has 0 spiro atoms. The van der Waals surface area contributed by atoms with Gasteiger partial charge in [-0.15, -0.1) is 6.58 Å². The zero-order chi connectivity index (χ0) is 24.8. The van der Waals surface area contributed by atoms with Gasteiger partial charge in [-0.2, -0.15) is 5.10 Å². The van der Waals surface area contributed by atoms with Gasteiger partial charge in [0.15, 0.2) is 5.16 Å². The number of halogens is 1. The van der Waals surface area contributed by atoms with Crippen LogP contribution in [0.3, 0.4) is 0 Å². The summed E-state index contributed by atoms with van der Waals surface area (Å²) >= 11 is 7.12. The molecule has 1 amide bonds. The summed E-state index contributed by atoms with van der Waals surface area (Å²) in [6.45, 7) is 3.67. The van der Waals surface area contributed by atoms with E-state index in [4.69, 9.17) is 11.6 Å². The molecule has 1 heterocycles. The Morgan fingerprint density at radius 3 is 2.69 bits per heavy atom. The molecular formula is C26H21ClN4O3S. The highest BCUT2D eigenvalue weighted by Gasteiger charge is 2.15. The second kappa shape index (κ2) is 11.0. The molecule has 2 N–H and O–H groups in total. The molecule has 1 aromatic heterocycles. The molecule has 9 heteroatoms. The van der Waals surface area contributed by atoms with Gasteiger partial charge in [-0.05, 0) is 54.4 Å². The van der Waals surface area contributed by atoms with Gasteiger partial charge in [0.05, 0.1) is 28.6 Å². The van der Waals surface area contributed by atoms with E-state index in [1.54, 1.807) is 72.8 Å². The molecule has 4 aromatic rings. The molecule has 0 unspecified atom stereocenters. The molecule has 35 heavy (non-hydrogen) atoms. The number of nitrogens with one attached hydrogen (secondary N) is 1. The third kappa shape index (κ3) is 5.62. The predicted octanol–water partition coefficient (Wildman–Crippen LogP) is 4.72. The molecule has 7 nitrogen and oxygen atoms in total. The van der Waals surface area contributed by atoms with Gasteiger partial charge in [0.2, 0.25) is 0 Å². The fourth-order valence-electron chi connectivity index (χ4n) is 3.40. The van der Waals surface area contributed by atoms with Gasteiger partial charge in [-0.25, -0.2) is 10.4 Å². The van der Waals surface area contributed by atoms with Crippen LogP contribution in [0.5, 0.6) is 5.75 Å². The lowest BCUT2D eigenvalue weighted by atomic mass is 10.1. The second-order valence-electron chi connectivity index (χ2n) is 7.46. The summed E-state index contributed by atoms with van der Waals surface area (Å²) in [5.41, 5.74) is 4.53. The van der Waals surface area contributed by atoms with E-state index >= 15 is 0 Å². The molecule has 3 aromatic carbocycles. The maximum Gasteiger partial charge on any atom is 0.266 e. The van der Waals surface area contributed by atoms with Gasteiger partial charge in [-0.1, -0.05) is 53.7 Å². The number of carbonyl (C=O) groups excluding carboxylic acids is 1. The Kier molecular flexibility index (Phi) is 7.64. The van der Waals surface area contributed by atoms with Crippen LogP contribution in [0.25, 0.3) is 16.6 Å². The van der Waals surface area contributed by atoms with Crippen molar-refractivity contribution in [1.82, 2.24) is 15.0 Å². The first-order valence-electron chi connectivity index (χ1n) is 10.6. The van der Waals surface area contributed by atoms with Gasteiger partial charge >= 0.3 is 0 Å². The lowest BCUT2D eigenvalue weighted by Crippen LogP contribution is -2.24. The fraction of sp³-hybridized carbons (Fsp3) is 0.0769. The molecule has 0 aliphatic heterocycles. The van der Waals surface area contributed by atoms with E-state index < -0.39 is 5.91 Å². The lowest BCUT2D eigenvalue weighted by molar-refractivity contribution is -0.118. The number of thioether (sulfide) groups is 1. The quantitative estimate of drug-likeness (QED) is 0.119. The SMILES string of the molecule is C=CCc1cccc(/C=N/NC(=O)CSc2nc3ccccc3c(=O)n2-c2ccc(Cl)cc2)c1O. The highest BCUT2D eigenvalue weighted by Crippen LogP contribution is 2.23. The van der Waals surface area contributed by atoms with Crippen molar-refractivity contribution in [2.45, 2.75) is 11.6 Å². The van der Waals surface area contributed by atoms with Crippen LogP contribution in [0.4, 0.5) is 0 Å². The summed E-state index contributed by atoms with van der Waals surface area (Å²) in [7, 11) is 0. The number of benzene rings is 3. The Hall–Kier alpha value is -3.88. The van der Waals surface area contributed by atoms with Crippen LogP contribution in [0, 0.1) is 0 Å². The molecule has 0 saturated carbocycles. The maximum atomic E-state index is 13.2. The van der Waals surface area contributed by atoms with Gasteiger partial charge < -0.3 is 5.11 Å². The summed E-state index contributed by atoms with van der Waals surface area (Å²) in [6, 6.07) is 19.1. The normalized spacial score (nSPS) is 11.1. The van der Waals surface area contributed by atoms with Crippen molar-refractivity contribution in [3.8, 4) is 11.4 Å². The second-order valence-corrected chi connectivity index (χ2v) is 8.84. The van der Waals surface area contributed by atoms with E-state index in [1.165, 1.54) is 10.8 Å². The Morgan fingerprint density at radius 2 is 1.91 bits per heavy atom. The number of phenolic OH excluding ortho intramolecular Hbond substituents is 1. The van der Waals surface area contributed by atoms with E-state index in [-0.39, 0.29) is 17.1 Å². The molecule has 0 aliphatic rings. The molecule has 0 fully saturated rings. The van der Waals surface area contributed by atoms with Crippen LogP contribution in [0.2, 0.25) is 5.02 Å². The van der Waals surface area contributed by atoms with Gasteiger partial charge in [0.1, 0.15) is 5.75 Å². The Morgan fingerprint density at radius 1 is 1.14 bits per heavy atom. The lowest BCUT2D eigenvalue weighted by Gasteiger charge is -2.13. The number of hydrazone groups is 1. The van der Waals surface area contributed by atoms with E-state index in [1.807, 2.05) is 0 Å². The van der Waals surface area contributed by atoms with Crippen LogP contribution in [0.1, 0.15) is 11.1 Å². The summed E-state index contributed by atoms with van der Waals surface area (Å²) in [5.74, 6) is -0.330. The van der Waals surface area contributed by atoms with Crippen LogP contribution in [-0.2, 0) is 11.2 Å². The molecule has 0 saturated heterocycles. The number of hydrogen-bond donors (Lipinski definition) is 2. The number of phenols is 1. The number of nitrogens with zero attached hydrogens (tertiary/aromatic N) is 3. The van der Waals surface area contributed by atoms with Crippen molar-refractivity contribution in [1.29, 1.82) is 0 Å². The first kappa shape index (κ1) is 24.3. The van der Waals surface area contributed by atoms with Crippen LogP contribution >= 0.6 is 23.4 Å². The number of carbonyl (C=O) groups is 1. The van der Waals surface area contributed by atoms with E-state index in [9.17, 15) is 14.7 Å². The Labute approximate surface area is 210 Å². The molecular weight excluding hydrogens is 484 g/mol. The fourth-order valence-corrected chi connectivity index (χ4v) is 4.33. The number of hydrogen-bond acceptors (Lipinski definition) is 6. The average molecular weight is 505 g/mol. The van der Waals surface area contributed by atoms with E-state index in [0.717, 1.165) is 11.8 Å². The van der Waals surface area contributed by atoms with Crippen LogP contribution < -0.4 is 11.0 Å². The molecule has 176 valence electrons. The number of rotatable bonds is 8. The third-order valence-electron chi connectivity index (χ3n) is 5.07. The monoisotopic (exact) mass is 504 g/mol. The summed E-state index contributed by atoms with van der Waals surface area (Å²) in [5, 5.41) is 15.6. The number of allylic oxidation sites excluding steroid dienone is 1. The minimum atomic E-state index is -0.391. The van der Waals surface area contributed by atoms with E-state index in [0.29, 0.717) is 44.3 Å². The van der Waals surface area contributed by atoms with Gasteiger partial charge in [0.25, 0.3) is 11.5 Å². The van der Waals surface area contributed by atoms with E-state index in [2.05, 4.69) is 22.1 Å². The molecule has 0 atom stereocenters. The minimum absolute atomic E-state index is 0.0296. The van der Waals surface area contributed by atoms with Gasteiger partial charge in [-0.3, -0.25) is 14.2 Å². The molecule has 4 rings (SSSR count). The van der Waals surface area contributed by atoms with Crippen molar-refractivity contribution in [2.75, 3.05) is 5.75 Å². The summed E-state index contributed by atoms with van der Waals surface area (Å²) < 4.78 is 1.46.